The smallest absolute Gasteiger partial charge is 0.126 e. The minimum atomic E-state index is -0.414. The third-order valence-corrected chi connectivity index (χ3v) is 2.18. The molecule has 0 saturated carbocycles. The number of nitrogens with two attached hydrogens (primary N) is 1. The normalized spacial score (nSPS) is 12.7. The summed E-state index contributed by atoms with van der Waals surface area (Å²) < 4.78 is 5.17. The van der Waals surface area contributed by atoms with Crippen molar-refractivity contribution in [2.75, 3.05) is 18.9 Å². The monoisotopic (exact) mass is 210 g/mol. The zero-order chi connectivity index (χ0) is 11.1. The standard InChI is InChI=1S/C11H18N2O2/c1-2-15-7-5-10(14)8-9-4-3-6-13-11(9)12/h3-4,6,10,14H,2,5,7-8H2,1H3,(H2,12,13). The molecule has 0 amide bonds. The maximum Gasteiger partial charge on any atom is 0.126 e. The van der Waals surface area contributed by atoms with Crippen molar-refractivity contribution in [3.05, 3.63) is 23.9 Å². The molecule has 1 heterocycles. The van der Waals surface area contributed by atoms with Gasteiger partial charge in [-0.1, -0.05) is 6.07 Å². The van der Waals surface area contributed by atoms with Gasteiger partial charge in [-0.3, -0.25) is 0 Å². The van der Waals surface area contributed by atoms with E-state index in [1.54, 1.807) is 6.20 Å². The highest BCUT2D eigenvalue weighted by molar-refractivity contribution is 5.38. The van der Waals surface area contributed by atoms with Crippen molar-refractivity contribution in [3.63, 3.8) is 0 Å². The molecule has 0 aromatic carbocycles. The Hall–Kier alpha value is -1.13. The van der Waals surface area contributed by atoms with Gasteiger partial charge in [-0.05, 0) is 25.0 Å². The molecule has 0 aliphatic heterocycles. The summed E-state index contributed by atoms with van der Waals surface area (Å²) >= 11 is 0. The maximum atomic E-state index is 9.69. The number of anilines is 1. The molecule has 15 heavy (non-hydrogen) atoms. The number of hydrogen-bond donors (Lipinski definition) is 2. The summed E-state index contributed by atoms with van der Waals surface area (Å²) in [4.78, 5) is 3.96. The fraction of sp³-hybridized carbons (Fsp3) is 0.545. The fourth-order valence-corrected chi connectivity index (χ4v) is 1.34. The van der Waals surface area contributed by atoms with Crippen molar-refractivity contribution >= 4 is 5.82 Å². The van der Waals surface area contributed by atoms with E-state index in [1.807, 2.05) is 19.1 Å². The number of aliphatic hydroxyl groups excluding tert-OH is 1. The molecule has 4 nitrogen and oxygen atoms in total. The molecule has 1 aromatic heterocycles. The van der Waals surface area contributed by atoms with Crippen LogP contribution in [0.1, 0.15) is 18.9 Å². The molecule has 0 spiro atoms. The topological polar surface area (TPSA) is 68.4 Å². The van der Waals surface area contributed by atoms with Crippen LogP contribution < -0.4 is 5.73 Å². The van der Waals surface area contributed by atoms with Crippen LogP contribution in [0.15, 0.2) is 18.3 Å². The van der Waals surface area contributed by atoms with E-state index in [0.717, 1.165) is 5.56 Å². The van der Waals surface area contributed by atoms with Gasteiger partial charge in [0.05, 0.1) is 6.10 Å². The molecule has 4 heteroatoms. The second-order valence-electron chi connectivity index (χ2n) is 3.39. The van der Waals surface area contributed by atoms with Crippen LogP contribution in [0.25, 0.3) is 0 Å². The SMILES string of the molecule is CCOCCC(O)Cc1cccnc1N. The molecule has 0 fully saturated rings. The first-order valence-corrected chi connectivity index (χ1v) is 5.19. The van der Waals surface area contributed by atoms with Crippen LogP contribution >= 0.6 is 0 Å². The lowest BCUT2D eigenvalue weighted by Gasteiger charge is -2.11. The van der Waals surface area contributed by atoms with Crippen LogP contribution in [0.5, 0.6) is 0 Å². The fourth-order valence-electron chi connectivity index (χ4n) is 1.34. The van der Waals surface area contributed by atoms with Crippen molar-refractivity contribution in [1.82, 2.24) is 4.98 Å². The van der Waals surface area contributed by atoms with Gasteiger partial charge >= 0.3 is 0 Å². The third-order valence-electron chi connectivity index (χ3n) is 2.18. The summed E-state index contributed by atoms with van der Waals surface area (Å²) in [6.45, 7) is 3.20. The molecule has 0 saturated heterocycles. The average Bonchev–Trinajstić information content (AvgIpc) is 2.22. The van der Waals surface area contributed by atoms with E-state index in [1.165, 1.54) is 0 Å². The van der Waals surface area contributed by atoms with Gasteiger partial charge in [0.1, 0.15) is 5.82 Å². The van der Waals surface area contributed by atoms with Crippen LogP contribution in [0.3, 0.4) is 0 Å². The van der Waals surface area contributed by atoms with Crippen molar-refractivity contribution in [1.29, 1.82) is 0 Å². The third kappa shape index (κ3) is 4.27. The lowest BCUT2D eigenvalue weighted by Crippen LogP contribution is -2.15. The summed E-state index contributed by atoms with van der Waals surface area (Å²) in [5, 5.41) is 9.69. The molecule has 0 radical (unpaired) electrons. The minimum absolute atomic E-state index is 0.414. The second kappa shape index (κ2) is 6.37. The highest BCUT2D eigenvalue weighted by atomic mass is 16.5. The number of ether oxygens (including phenoxy) is 1. The van der Waals surface area contributed by atoms with Crippen LogP contribution in [0.4, 0.5) is 5.82 Å². The quantitative estimate of drug-likeness (QED) is 0.687. The number of aromatic nitrogens is 1. The van der Waals surface area contributed by atoms with Gasteiger partial charge < -0.3 is 15.6 Å². The van der Waals surface area contributed by atoms with Gasteiger partial charge in [-0.15, -0.1) is 0 Å². The molecule has 84 valence electrons. The Morgan fingerprint density at radius 2 is 2.40 bits per heavy atom. The largest absolute Gasteiger partial charge is 0.393 e. The van der Waals surface area contributed by atoms with E-state index in [4.69, 9.17) is 10.5 Å². The summed E-state index contributed by atoms with van der Waals surface area (Å²) in [6, 6.07) is 3.70. The summed E-state index contributed by atoms with van der Waals surface area (Å²) in [7, 11) is 0. The van der Waals surface area contributed by atoms with Gasteiger partial charge in [-0.25, -0.2) is 4.98 Å². The molecule has 1 unspecified atom stereocenters. The van der Waals surface area contributed by atoms with Gasteiger partial charge in [-0.2, -0.15) is 0 Å². The Morgan fingerprint density at radius 1 is 1.60 bits per heavy atom. The predicted octanol–water partition coefficient (Wildman–Crippen LogP) is 0.994. The summed E-state index contributed by atoms with van der Waals surface area (Å²) in [6.07, 6.45) is 2.39. The van der Waals surface area contributed by atoms with Crippen molar-refractivity contribution in [2.24, 2.45) is 0 Å². The minimum Gasteiger partial charge on any atom is -0.393 e. The number of hydrogen-bond acceptors (Lipinski definition) is 4. The van der Waals surface area contributed by atoms with Gasteiger partial charge in [0.2, 0.25) is 0 Å². The Balaban J connectivity index is 2.37. The molecule has 0 bridgehead atoms. The van der Waals surface area contributed by atoms with Crippen LogP contribution in [-0.2, 0) is 11.2 Å². The molecule has 1 atom stereocenters. The lowest BCUT2D eigenvalue weighted by atomic mass is 10.1. The van der Waals surface area contributed by atoms with E-state index < -0.39 is 6.10 Å². The first kappa shape index (κ1) is 11.9. The number of aliphatic hydroxyl groups is 1. The van der Waals surface area contributed by atoms with Crippen molar-refractivity contribution in [2.45, 2.75) is 25.9 Å². The number of rotatable bonds is 6. The highest BCUT2D eigenvalue weighted by Crippen LogP contribution is 2.11. The predicted molar refractivity (Wildman–Crippen MR) is 59.5 cm³/mol. The highest BCUT2D eigenvalue weighted by Gasteiger charge is 2.07. The van der Waals surface area contributed by atoms with Crippen molar-refractivity contribution < 1.29 is 9.84 Å². The Labute approximate surface area is 90.1 Å². The van der Waals surface area contributed by atoms with E-state index in [-0.39, 0.29) is 0 Å². The maximum absolute atomic E-state index is 9.69. The van der Waals surface area contributed by atoms with E-state index in [0.29, 0.717) is 31.9 Å². The first-order valence-electron chi connectivity index (χ1n) is 5.19. The van der Waals surface area contributed by atoms with Crippen LogP contribution in [0.2, 0.25) is 0 Å². The van der Waals surface area contributed by atoms with Crippen LogP contribution in [0, 0.1) is 0 Å². The molecule has 0 aliphatic rings. The Kier molecular flexibility index (Phi) is 5.07. The van der Waals surface area contributed by atoms with Crippen molar-refractivity contribution in [3.8, 4) is 0 Å². The Bertz CT molecular complexity index is 292. The molecular formula is C11H18N2O2. The molecule has 1 aromatic rings. The summed E-state index contributed by atoms with van der Waals surface area (Å²) in [5.74, 6) is 0.493. The van der Waals surface area contributed by atoms with Crippen LogP contribution in [-0.4, -0.2) is 29.4 Å². The van der Waals surface area contributed by atoms with E-state index >= 15 is 0 Å². The van der Waals surface area contributed by atoms with Gasteiger partial charge in [0.15, 0.2) is 0 Å². The van der Waals surface area contributed by atoms with E-state index in [2.05, 4.69) is 4.98 Å². The first-order chi connectivity index (χ1) is 7.24. The molecule has 3 N–H and O–H groups in total. The molecular weight excluding hydrogens is 192 g/mol. The number of nitrogens with zero attached hydrogens (tertiary/aromatic N) is 1. The van der Waals surface area contributed by atoms with Gasteiger partial charge in [0.25, 0.3) is 0 Å². The zero-order valence-electron chi connectivity index (χ0n) is 9.02. The van der Waals surface area contributed by atoms with E-state index in [9.17, 15) is 5.11 Å². The summed E-state index contributed by atoms with van der Waals surface area (Å²) in [5.41, 5.74) is 6.56. The number of nitrogen functional groups attached to an aromatic ring is 1. The zero-order valence-corrected chi connectivity index (χ0v) is 9.02. The number of pyridine rings is 1. The molecule has 0 aliphatic carbocycles. The lowest BCUT2D eigenvalue weighted by molar-refractivity contribution is 0.0887. The van der Waals surface area contributed by atoms with Gasteiger partial charge in [0, 0.05) is 25.8 Å². The molecule has 1 rings (SSSR count). The Morgan fingerprint density at radius 3 is 3.07 bits per heavy atom. The average molecular weight is 210 g/mol. The second-order valence-corrected chi connectivity index (χ2v) is 3.39.